The van der Waals surface area contributed by atoms with Gasteiger partial charge in [0.05, 0.1) is 0 Å². The maximum Gasteiger partial charge on any atom is -0.00544 e. The zero-order valence-electron chi connectivity index (χ0n) is 10.4. The van der Waals surface area contributed by atoms with Crippen molar-refractivity contribution in [2.45, 2.75) is 33.1 Å². The third-order valence-electron chi connectivity index (χ3n) is 4.25. The van der Waals surface area contributed by atoms with E-state index in [1.165, 1.54) is 27.8 Å². The highest BCUT2D eigenvalue weighted by Crippen LogP contribution is 2.43. The van der Waals surface area contributed by atoms with Gasteiger partial charge in [-0.1, -0.05) is 35.5 Å². The van der Waals surface area contributed by atoms with Gasteiger partial charge in [-0.15, -0.1) is 0 Å². The van der Waals surface area contributed by atoms with Gasteiger partial charge >= 0.3 is 0 Å². The number of benzene rings is 1. The fourth-order valence-corrected chi connectivity index (χ4v) is 3.58. The van der Waals surface area contributed by atoms with Crippen LogP contribution in [0.3, 0.4) is 0 Å². The van der Waals surface area contributed by atoms with Crippen molar-refractivity contribution in [1.29, 1.82) is 0 Å². The molecule has 0 nitrogen and oxygen atoms in total. The minimum Gasteiger partial charge on any atom is -0.0795 e. The van der Waals surface area contributed by atoms with Crippen LogP contribution in [0.2, 0.25) is 0 Å². The molecule has 0 aromatic heterocycles. The minimum atomic E-state index is 1.13. The zero-order valence-corrected chi connectivity index (χ0v) is 10.4. The Labute approximate surface area is 102 Å². The Kier molecular flexibility index (Phi) is 1.68. The van der Waals surface area contributed by atoms with Crippen molar-refractivity contribution >= 4 is 18.2 Å². The van der Waals surface area contributed by atoms with Crippen molar-refractivity contribution in [3.63, 3.8) is 0 Å². The normalized spacial score (nSPS) is 18.9. The van der Waals surface area contributed by atoms with E-state index in [1.54, 1.807) is 16.7 Å². The van der Waals surface area contributed by atoms with E-state index in [0.29, 0.717) is 0 Å². The third kappa shape index (κ3) is 1.13. The average Bonchev–Trinajstić information content (AvgIpc) is 2.91. The summed E-state index contributed by atoms with van der Waals surface area (Å²) in [7, 11) is 0. The number of hydrogen-bond acceptors (Lipinski definition) is 0. The molecule has 84 valence electrons. The molecule has 0 bridgehead atoms. The molecule has 0 fully saturated rings. The van der Waals surface area contributed by atoms with Crippen molar-refractivity contribution < 1.29 is 0 Å². The van der Waals surface area contributed by atoms with Crippen LogP contribution in [0, 0.1) is 0 Å². The van der Waals surface area contributed by atoms with E-state index in [0.717, 1.165) is 19.3 Å². The first-order valence-electron chi connectivity index (χ1n) is 6.45. The van der Waals surface area contributed by atoms with Crippen LogP contribution in [-0.4, -0.2) is 0 Å². The number of rotatable bonds is 0. The van der Waals surface area contributed by atoms with Gasteiger partial charge in [-0.25, -0.2) is 0 Å². The minimum absolute atomic E-state index is 1.13. The van der Waals surface area contributed by atoms with Crippen LogP contribution in [0.5, 0.6) is 0 Å². The molecule has 3 aliphatic carbocycles. The van der Waals surface area contributed by atoms with Crippen molar-refractivity contribution in [3.05, 3.63) is 50.6 Å². The van der Waals surface area contributed by atoms with Gasteiger partial charge < -0.3 is 0 Å². The molecule has 0 atom stereocenters. The lowest BCUT2D eigenvalue weighted by molar-refractivity contribution is 1.13. The Balaban J connectivity index is 2.09. The van der Waals surface area contributed by atoms with E-state index in [9.17, 15) is 0 Å². The summed E-state index contributed by atoms with van der Waals surface area (Å²) in [5.74, 6) is 0. The predicted molar refractivity (Wildman–Crippen MR) is 73.9 cm³/mol. The Morgan fingerprint density at radius 1 is 0.765 bits per heavy atom. The highest BCUT2D eigenvalue weighted by atomic mass is 14.3. The summed E-state index contributed by atoms with van der Waals surface area (Å²) >= 11 is 0. The fourth-order valence-electron chi connectivity index (χ4n) is 3.58. The van der Waals surface area contributed by atoms with E-state index >= 15 is 0 Å². The van der Waals surface area contributed by atoms with Gasteiger partial charge in [0.1, 0.15) is 0 Å². The van der Waals surface area contributed by atoms with Gasteiger partial charge in [-0.3, -0.25) is 0 Å². The van der Waals surface area contributed by atoms with Crippen LogP contribution in [0.1, 0.15) is 47.2 Å². The standard InChI is InChI=1S/C17H16/c1-10-6-14-12-4-3-5-13(12)15-7-11(2)9-17(15)16(14)8-10/h3-4,7-8H,5-6,9H2,1-2H3. The molecular formula is C17H16. The maximum absolute atomic E-state index is 2.41. The van der Waals surface area contributed by atoms with E-state index in [4.69, 9.17) is 0 Å². The summed E-state index contributed by atoms with van der Waals surface area (Å²) in [6, 6.07) is 0. The van der Waals surface area contributed by atoms with Crippen LogP contribution < -0.4 is 0 Å². The van der Waals surface area contributed by atoms with Gasteiger partial charge in [-0.05, 0) is 66.5 Å². The second kappa shape index (κ2) is 3.01. The molecule has 0 saturated carbocycles. The maximum atomic E-state index is 2.41. The lowest BCUT2D eigenvalue weighted by Crippen LogP contribution is -2.00. The quantitative estimate of drug-likeness (QED) is 0.615. The predicted octanol–water partition coefficient (Wildman–Crippen LogP) is 4.17. The lowest BCUT2D eigenvalue weighted by Gasteiger charge is -2.14. The molecule has 0 radical (unpaired) electrons. The van der Waals surface area contributed by atoms with Gasteiger partial charge in [0, 0.05) is 0 Å². The largest absolute Gasteiger partial charge is 0.0795 e. The molecular weight excluding hydrogens is 204 g/mol. The summed E-state index contributed by atoms with van der Waals surface area (Å²) in [6.07, 6.45) is 12.9. The highest BCUT2D eigenvalue weighted by molar-refractivity contribution is 5.84. The second-order valence-electron chi connectivity index (χ2n) is 5.62. The zero-order chi connectivity index (χ0) is 11.6. The van der Waals surface area contributed by atoms with E-state index < -0.39 is 0 Å². The summed E-state index contributed by atoms with van der Waals surface area (Å²) in [6.45, 7) is 4.51. The van der Waals surface area contributed by atoms with Gasteiger partial charge in [-0.2, -0.15) is 0 Å². The van der Waals surface area contributed by atoms with Crippen molar-refractivity contribution in [1.82, 2.24) is 0 Å². The van der Waals surface area contributed by atoms with Crippen molar-refractivity contribution in [2.24, 2.45) is 0 Å². The molecule has 0 amide bonds. The molecule has 1 aromatic carbocycles. The fraction of sp³-hybridized carbons (Fsp3) is 0.294. The van der Waals surface area contributed by atoms with Gasteiger partial charge in [0.2, 0.25) is 0 Å². The smallest absolute Gasteiger partial charge is 0.00544 e. The first-order chi connectivity index (χ1) is 8.24. The van der Waals surface area contributed by atoms with Crippen LogP contribution in [0.15, 0.2) is 17.2 Å². The molecule has 3 aliphatic rings. The molecule has 1 aromatic rings. The third-order valence-corrected chi connectivity index (χ3v) is 4.25. The molecule has 0 saturated heterocycles. The molecule has 0 unspecified atom stereocenters. The van der Waals surface area contributed by atoms with E-state index in [1.807, 2.05) is 0 Å². The molecule has 17 heavy (non-hydrogen) atoms. The topological polar surface area (TPSA) is 0 Å². The molecule has 0 heterocycles. The lowest BCUT2D eigenvalue weighted by atomic mass is 9.90. The molecule has 0 heteroatoms. The van der Waals surface area contributed by atoms with E-state index in [2.05, 4.69) is 38.2 Å². The average molecular weight is 220 g/mol. The first kappa shape index (κ1) is 9.47. The van der Waals surface area contributed by atoms with Gasteiger partial charge in [0.25, 0.3) is 0 Å². The molecule has 0 N–H and O–H groups in total. The van der Waals surface area contributed by atoms with Gasteiger partial charge in [0.15, 0.2) is 0 Å². The summed E-state index contributed by atoms with van der Waals surface area (Å²) in [5, 5.41) is 0. The number of hydrogen-bond donors (Lipinski definition) is 0. The van der Waals surface area contributed by atoms with E-state index in [-0.39, 0.29) is 0 Å². The number of allylic oxidation sites excluding steroid dienone is 3. The summed E-state index contributed by atoms with van der Waals surface area (Å²) in [4.78, 5) is 0. The van der Waals surface area contributed by atoms with Crippen molar-refractivity contribution in [3.8, 4) is 0 Å². The Morgan fingerprint density at radius 2 is 1.35 bits per heavy atom. The Hall–Kier alpha value is -1.56. The van der Waals surface area contributed by atoms with Crippen LogP contribution in [-0.2, 0) is 19.3 Å². The summed E-state index contributed by atoms with van der Waals surface area (Å²) in [5.41, 5.74) is 12.4. The SMILES string of the molecule is CC1=Cc2c3c(c4c(c2C1)C=C(C)C4)C=CC3. The second-order valence-corrected chi connectivity index (χ2v) is 5.62. The molecule has 0 aliphatic heterocycles. The Morgan fingerprint density at radius 3 is 2.06 bits per heavy atom. The van der Waals surface area contributed by atoms with Crippen LogP contribution in [0.4, 0.5) is 0 Å². The van der Waals surface area contributed by atoms with Crippen LogP contribution in [0.25, 0.3) is 18.2 Å². The highest BCUT2D eigenvalue weighted by Gasteiger charge is 2.27. The molecule has 0 spiro atoms. The Bertz CT molecular complexity index is 637. The summed E-state index contributed by atoms with van der Waals surface area (Å²) < 4.78 is 0. The first-order valence-corrected chi connectivity index (χ1v) is 6.45. The monoisotopic (exact) mass is 220 g/mol. The molecule has 4 rings (SSSR count). The van der Waals surface area contributed by atoms with Crippen molar-refractivity contribution in [2.75, 3.05) is 0 Å². The van der Waals surface area contributed by atoms with Crippen LogP contribution >= 0.6 is 0 Å². The number of fused-ring (bicyclic) bond motifs is 6.